The van der Waals surface area contributed by atoms with Crippen LogP contribution >= 0.6 is 0 Å². The third-order valence-electron chi connectivity index (χ3n) is 3.69. The van der Waals surface area contributed by atoms with E-state index in [1.807, 2.05) is 31.6 Å². The lowest BCUT2D eigenvalue weighted by molar-refractivity contribution is -0.121. The van der Waals surface area contributed by atoms with Crippen LogP contribution in [0.25, 0.3) is 0 Å². The van der Waals surface area contributed by atoms with Gasteiger partial charge in [0.25, 0.3) is 0 Å². The van der Waals surface area contributed by atoms with Gasteiger partial charge < -0.3 is 15.7 Å². The van der Waals surface area contributed by atoms with Crippen LogP contribution in [-0.4, -0.2) is 39.5 Å². The molecule has 3 N–H and O–H groups in total. The summed E-state index contributed by atoms with van der Waals surface area (Å²) in [7, 11) is 0. The van der Waals surface area contributed by atoms with Crippen LogP contribution in [0.3, 0.4) is 0 Å². The number of fused-ring (bicyclic) bond motifs is 1. The first kappa shape index (κ1) is 16.0. The highest BCUT2D eigenvalue weighted by Crippen LogP contribution is 2.29. The highest BCUT2D eigenvalue weighted by Gasteiger charge is 2.25. The third-order valence-corrected chi connectivity index (χ3v) is 3.69. The molecular weight excluding hydrogens is 268 g/mol. The maximum absolute atomic E-state index is 12.1. The molecule has 1 amide bonds. The van der Waals surface area contributed by atoms with Crippen molar-refractivity contribution in [2.45, 2.75) is 58.2 Å². The predicted octanol–water partition coefficient (Wildman–Crippen LogP) is 0.757. The summed E-state index contributed by atoms with van der Waals surface area (Å²) in [6.07, 6.45) is 4.76. The van der Waals surface area contributed by atoms with Crippen molar-refractivity contribution in [3.8, 4) is 0 Å². The number of aromatic nitrogens is 2. The lowest BCUT2D eigenvalue weighted by Crippen LogP contribution is -2.44. The number of nitrogens with zero attached hydrogens (tertiary/aromatic N) is 2. The number of carbonyl (C=O) groups excluding carboxylic acids is 1. The molecule has 21 heavy (non-hydrogen) atoms. The molecular formula is C15H26N4O2. The Bertz CT molecular complexity index is 490. The fourth-order valence-electron chi connectivity index (χ4n) is 2.65. The van der Waals surface area contributed by atoms with Crippen molar-refractivity contribution < 1.29 is 9.90 Å². The Labute approximate surface area is 125 Å². The van der Waals surface area contributed by atoms with Crippen LogP contribution in [0.4, 0.5) is 0 Å². The lowest BCUT2D eigenvalue weighted by Gasteiger charge is -2.25. The SMILES string of the molecule is CC(C)(C)NCC(=O)NC1CCCc2c1cnn2CCO. The minimum atomic E-state index is -0.0684. The summed E-state index contributed by atoms with van der Waals surface area (Å²) in [5, 5.41) is 19.7. The van der Waals surface area contributed by atoms with Crippen LogP contribution < -0.4 is 10.6 Å². The normalized spacial score (nSPS) is 18.4. The number of hydrogen-bond donors (Lipinski definition) is 3. The van der Waals surface area contributed by atoms with Gasteiger partial charge >= 0.3 is 0 Å². The summed E-state index contributed by atoms with van der Waals surface area (Å²) in [6.45, 7) is 7.04. The average Bonchev–Trinajstić information content (AvgIpc) is 2.81. The number of rotatable bonds is 5. The van der Waals surface area contributed by atoms with E-state index in [-0.39, 0.29) is 24.1 Å². The van der Waals surface area contributed by atoms with Crippen LogP contribution in [0.2, 0.25) is 0 Å². The third kappa shape index (κ3) is 4.28. The molecule has 2 rings (SSSR count). The molecule has 0 spiro atoms. The molecule has 1 aromatic rings. The molecule has 0 saturated heterocycles. The average molecular weight is 294 g/mol. The first-order valence-corrected chi connectivity index (χ1v) is 7.60. The van der Waals surface area contributed by atoms with Crippen molar-refractivity contribution in [2.24, 2.45) is 0 Å². The number of hydrogen-bond acceptors (Lipinski definition) is 4. The summed E-state index contributed by atoms with van der Waals surface area (Å²) in [4.78, 5) is 12.1. The monoisotopic (exact) mass is 294 g/mol. The summed E-state index contributed by atoms with van der Waals surface area (Å²) < 4.78 is 1.85. The number of aliphatic hydroxyl groups excluding tert-OH is 1. The number of aliphatic hydroxyl groups is 1. The lowest BCUT2D eigenvalue weighted by atomic mass is 9.93. The highest BCUT2D eigenvalue weighted by atomic mass is 16.3. The van der Waals surface area contributed by atoms with Crippen LogP contribution in [0, 0.1) is 0 Å². The van der Waals surface area contributed by atoms with Crippen molar-refractivity contribution in [3.05, 3.63) is 17.5 Å². The van der Waals surface area contributed by atoms with E-state index in [2.05, 4.69) is 15.7 Å². The topological polar surface area (TPSA) is 79.2 Å². The fraction of sp³-hybridized carbons (Fsp3) is 0.733. The van der Waals surface area contributed by atoms with E-state index in [0.717, 1.165) is 30.5 Å². The molecule has 1 aliphatic carbocycles. The molecule has 6 nitrogen and oxygen atoms in total. The Morgan fingerprint density at radius 2 is 2.29 bits per heavy atom. The van der Waals surface area contributed by atoms with Gasteiger partial charge in [-0.2, -0.15) is 5.10 Å². The molecule has 1 aromatic heterocycles. The standard InChI is InChI=1S/C15H26N4O2/c1-15(2,3)16-10-14(21)18-12-5-4-6-13-11(12)9-17-19(13)7-8-20/h9,12,16,20H,4-8,10H2,1-3H3,(H,18,21). The van der Waals surface area contributed by atoms with Crippen LogP contribution in [-0.2, 0) is 17.8 Å². The Morgan fingerprint density at radius 3 is 2.95 bits per heavy atom. The van der Waals surface area contributed by atoms with E-state index in [4.69, 9.17) is 5.11 Å². The smallest absolute Gasteiger partial charge is 0.234 e. The minimum Gasteiger partial charge on any atom is -0.394 e. The molecule has 6 heteroatoms. The predicted molar refractivity (Wildman–Crippen MR) is 80.9 cm³/mol. The fourth-order valence-corrected chi connectivity index (χ4v) is 2.65. The van der Waals surface area contributed by atoms with Crippen molar-refractivity contribution in [2.75, 3.05) is 13.2 Å². The summed E-state index contributed by atoms with van der Waals surface area (Å²) in [6, 6.07) is 0.0375. The van der Waals surface area contributed by atoms with Crippen LogP contribution in [0.5, 0.6) is 0 Å². The van der Waals surface area contributed by atoms with Gasteiger partial charge in [-0.05, 0) is 40.0 Å². The maximum atomic E-state index is 12.1. The molecule has 1 atom stereocenters. The van der Waals surface area contributed by atoms with Gasteiger partial charge in [0.05, 0.1) is 31.9 Å². The molecule has 0 fully saturated rings. The summed E-state index contributed by atoms with van der Waals surface area (Å²) in [5.74, 6) is 0.0117. The Morgan fingerprint density at radius 1 is 1.52 bits per heavy atom. The number of nitrogens with one attached hydrogen (secondary N) is 2. The Balaban J connectivity index is 1.98. The second-order valence-electron chi connectivity index (χ2n) is 6.61. The van der Waals surface area contributed by atoms with Crippen LogP contribution in [0.1, 0.15) is 50.9 Å². The molecule has 1 unspecified atom stereocenters. The zero-order chi connectivity index (χ0) is 15.5. The summed E-state index contributed by atoms with van der Waals surface area (Å²) in [5.41, 5.74) is 2.17. The van der Waals surface area contributed by atoms with Gasteiger partial charge in [0.15, 0.2) is 0 Å². The van der Waals surface area contributed by atoms with E-state index in [0.29, 0.717) is 13.1 Å². The first-order chi connectivity index (χ1) is 9.90. The Kier molecular flexibility index (Phi) is 5.00. The zero-order valence-electron chi connectivity index (χ0n) is 13.1. The van der Waals surface area contributed by atoms with Gasteiger partial charge in [0.2, 0.25) is 5.91 Å². The second kappa shape index (κ2) is 6.58. The Hall–Kier alpha value is -1.40. The van der Waals surface area contributed by atoms with E-state index in [1.165, 1.54) is 0 Å². The largest absolute Gasteiger partial charge is 0.394 e. The minimum absolute atomic E-state index is 0.0117. The van der Waals surface area contributed by atoms with Gasteiger partial charge in [-0.25, -0.2) is 0 Å². The molecule has 0 saturated carbocycles. The highest BCUT2D eigenvalue weighted by molar-refractivity contribution is 5.78. The maximum Gasteiger partial charge on any atom is 0.234 e. The van der Waals surface area contributed by atoms with E-state index in [9.17, 15) is 4.79 Å². The van der Waals surface area contributed by atoms with Crippen molar-refractivity contribution in [1.82, 2.24) is 20.4 Å². The zero-order valence-corrected chi connectivity index (χ0v) is 13.1. The quantitative estimate of drug-likeness (QED) is 0.749. The molecule has 0 radical (unpaired) electrons. The first-order valence-electron chi connectivity index (χ1n) is 7.60. The summed E-state index contributed by atoms with van der Waals surface area (Å²) >= 11 is 0. The van der Waals surface area contributed by atoms with E-state index >= 15 is 0 Å². The van der Waals surface area contributed by atoms with Gasteiger partial charge in [-0.15, -0.1) is 0 Å². The molecule has 1 heterocycles. The van der Waals surface area contributed by atoms with E-state index in [1.54, 1.807) is 0 Å². The number of carbonyl (C=O) groups is 1. The molecule has 118 valence electrons. The molecule has 0 aromatic carbocycles. The van der Waals surface area contributed by atoms with Crippen molar-refractivity contribution in [1.29, 1.82) is 0 Å². The van der Waals surface area contributed by atoms with Crippen molar-refractivity contribution in [3.63, 3.8) is 0 Å². The van der Waals surface area contributed by atoms with Crippen LogP contribution in [0.15, 0.2) is 6.20 Å². The second-order valence-corrected chi connectivity index (χ2v) is 6.61. The number of amides is 1. The van der Waals surface area contributed by atoms with Gasteiger partial charge in [-0.1, -0.05) is 0 Å². The van der Waals surface area contributed by atoms with Gasteiger partial charge in [0.1, 0.15) is 0 Å². The van der Waals surface area contributed by atoms with Crippen molar-refractivity contribution >= 4 is 5.91 Å². The van der Waals surface area contributed by atoms with Gasteiger partial charge in [-0.3, -0.25) is 9.48 Å². The molecule has 0 aliphatic heterocycles. The molecule has 1 aliphatic rings. The van der Waals surface area contributed by atoms with Gasteiger partial charge in [0, 0.05) is 16.8 Å². The van der Waals surface area contributed by atoms with E-state index < -0.39 is 0 Å². The molecule has 0 bridgehead atoms.